The number of sulfone groups is 1. The lowest BCUT2D eigenvalue weighted by atomic mass is 10.2. The summed E-state index contributed by atoms with van der Waals surface area (Å²) in [6.45, 7) is 1.47. The quantitative estimate of drug-likeness (QED) is 0.828. The van der Waals surface area contributed by atoms with Gasteiger partial charge in [0.1, 0.15) is 23.2 Å². The molecule has 0 fully saturated rings. The number of hydrogen-bond donors (Lipinski definition) is 0. The first-order valence-corrected chi connectivity index (χ1v) is 10.4. The van der Waals surface area contributed by atoms with Crippen molar-refractivity contribution in [3.8, 4) is 0 Å². The number of nitrogens with zero attached hydrogens (tertiary/aromatic N) is 6. The fraction of sp³-hybridized carbons (Fsp3) is 0.733. The van der Waals surface area contributed by atoms with Crippen molar-refractivity contribution >= 4 is 9.84 Å². The monoisotopic (exact) mass is 350 g/mol. The molecule has 0 atom stereocenters. The summed E-state index contributed by atoms with van der Waals surface area (Å²) in [7, 11) is -3.58. The highest BCUT2D eigenvalue weighted by atomic mass is 32.2. The minimum absolute atomic E-state index is 0.0883. The molecular weight excluding hydrogens is 328 g/mol. The van der Waals surface area contributed by atoms with Gasteiger partial charge in [0.05, 0.1) is 0 Å². The average molecular weight is 350 g/mol. The van der Waals surface area contributed by atoms with Crippen molar-refractivity contribution < 1.29 is 8.42 Å². The number of aryl methyl sites for hydroxylation is 2. The van der Waals surface area contributed by atoms with Gasteiger partial charge in [0.25, 0.3) is 0 Å². The molecule has 0 unspecified atom stereocenters. The molecule has 0 radical (unpaired) electrons. The van der Waals surface area contributed by atoms with Gasteiger partial charge < -0.3 is 9.13 Å². The summed E-state index contributed by atoms with van der Waals surface area (Å²) in [6, 6.07) is 0. The van der Waals surface area contributed by atoms with Crippen molar-refractivity contribution in [2.45, 2.75) is 75.4 Å². The van der Waals surface area contributed by atoms with Crippen molar-refractivity contribution in [3.63, 3.8) is 0 Å². The molecule has 0 amide bonds. The zero-order chi connectivity index (χ0) is 16.6. The van der Waals surface area contributed by atoms with Gasteiger partial charge in [0.15, 0.2) is 0 Å². The van der Waals surface area contributed by atoms with Crippen LogP contribution in [-0.4, -0.2) is 37.9 Å². The third-order valence-electron chi connectivity index (χ3n) is 4.86. The second-order valence-electron chi connectivity index (χ2n) is 6.61. The fourth-order valence-corrected chi connectivity index (χ4v) is 4.96. The van der Waals surface area contributed by atoms with E-state index >= 15 is 0 Å². The lowest BCUT2D eigenvalue weighted by molar-refractivity contribution is 0.543. The molecule has 8 nitrogen and oxygen atoms in total. The molecule has 2 aromatic rings. The Hall–Kier alpha value is -1.77. The van der Waals surface area contributed by atoms with Crippen LogP contribution >= 0.6 is 0 Å². The summed E-state index contributed by atoms with van der Waals surface area (Å²) in [4.78, 5) is 0. The minimum atomic E-state index is -3.58. The van der Waals surface area contributed by atoms with Crippen LogP contribution in [0, 0.1) is 0 Å². The van der Waals surface area contributed by atoms with E-state index in [1.165, 1.54) is 0 Å². The van der Waals surface area contributed by atoms with Gasteiger partial charge in [-0.3, -0.25) is 0 Å². The van der Waals surface area contributed by atoms with Crippen LogP contribution in [0.3, 0.4) is 0 Å². The SMILES string of the molecule is O=S(=O)(Cc1nnc2n1CCCCC2)c1nnc2n1CCCCC2. The van der Waals surface area contributed by atoms with Gasteiger partial charge in [-0.1, -0.05) is 12.8 Å². The molecule has 0 aromatic carbocycles. The summed E-state index contributed by atoms with van der Waals surface area (Å²) in [5.74, 6) is 2.06. The molecule has 130 valence electrons. The van der Waals surface area contributed by atoms with E-state index in [0.29, 0.717) is 12.4 Å². The van der Waals surface area contributed by atoms with Crippen molar-refractivity contribution in [3.05, 3.63) is 17.5 Å². The Morgan fingerprint density at radius 2 is 1.38 bits per heavy atom. The Kier molecular flexibility index (Phi) is 4.11. The Morgan fingerprint density at radius 1 is 0.750 bits per heavy atom. The third-order valence-corrected chi connectivity index (χ3v) is 6.36. The molecule has 24 heavy (non-hydrogen) atoms. The minimum Gasteiger partial charge on any atom is -0.314 e. The lowest BCUT2D eigenvalue weighted by Gasteiger charge is -2.09. The summed E-state index contributed by atoms with van der Waals surface area (Å²) in [5.41, 5.74) is 0. The first kappa shape index (κ1) is 15.7. The van der Waals surface area contributed by atoms with Crippen LogP contribution in [0.25, 0.3) is 0 Å². The van der Waals surface area contributed by atoms with Crippen LogP contribution < -0.4 is 0 Å². The standard InChI is InChI=1S/C15H22N6O2S/c22-24(23,15-19-17-13-8-4-2-6-10-21(13)15)11-14-18-16-12-7-3-1-5-9-20(12)14/h1-11H2. The first-order valence-electron chi connectivity index (χ1n) is 8.71. The molecular formula is C15H22N6O2S. The topological polar surface area (TPSA) is 95.6 Å². The highest BCUT2D eigenvalue weighted by molar-refractivity contribution is 7.90. The Labute approximate surface area is 141 Å². The van der Waals surface area contributed by atoms with Crippen LogP contribution in [0.15, 0.2) is 5.16 Å². The summed E-state index contributed by atoms with van der Waals surface area (Å²) < 4.78 is 29.6. The van der Waals surface area contributed by atoms with E-state index in [4.69, 9.17) is 0 Å². The van der Waals surface area contributed by atoms with Crippen LogP contribution in [0.1, 0.15) is 56.0 Å². The van der Waals surface area contributed by atoms with Crippen molar-refractivity contribution in [1.29, 1.82) is 0 Å². The molecule has 0 bridgehead atoms. The van der Waals surface area contributed by atoms with Gasteiger partial charge >= 0.3 is 0 Å². The van der Waals surface area contributed by atoms with Gasteiger partial charge in [-0.15, -0.1) is 20.4 Å². The predicted molar refractivity (Wildman–Crippen MR) is 86.0 cm³/mol. The second kappa shape index (κ2) is 6.27. The summed E-state index contributed by atoms with van der Waals surface area (Å²) >= 11 is 0. The van der Waals surface area contributed by atoms with E-state index in [-0.39, 0.29) is 10.9 Å². The number of hydrogen-bond acceptors (Lipinski definition) is 6. The van der Waals surface area contributed by atoms with E-state index in [0.717, 1.165) is 69.6 Å². The maximum absolute atomic E-state index is 12.9. The average Bonchev–Trinajstić information content (AvgIpc) is 2.94. The van der Waals surface area contributed by atoms with Gasteiger partial charge in [0, 0.05) is 25.9 Å². The molecule has 0 saturated carbocycles. The van der Waals surface area contributed by atoms with E-state index in [1.807, 2.05) is 4.57 Å². The highest BCUT2D eigenvalue weighted by Crippen LogP contribution is 2.21. The molecule has 0 spiro atoms. The van der Waals surface area contributed by atoms with Crippen molar-refractivity contribution in [2.24, 2.45) is 0 Å². The Morgan fingerprint density at radius 3 is 2.12 bits per heavy atom. The maximum Gasteiger partial charge on any atom is 0.250 e. The maximum atomic E-state index is 12.9. The molecule has 9 heteroatoms. The molecule has 2 aliphatic rings. The molecule has 4 rings (SSSR count). The molecule has 2 aliphatic heterocycles. The number of rotatable bonds is 3. The van der Waals surface area contributed by atoms with E-state index in [1.54, 1.807) is 4.57 Å². The second-order valence-corrected chi connectivity index (χ2v) is 8.50. The smallest absolute Gasteiger partial charge is 0.250 e. The lowest BCUT2D eigenvalue weighted by Crippen LogP contribution is -2.17. The van der Waals surface area contributed by atoms with Gasteiger partial charge in [-0.2, -0.15) is 0 Å². The fourth-order valence-electron chi connectivity index (χ4n) is 3.57. The Balaban J connectivity index is 1.65. The molecule has 0 N–H and O–H groups in total. The van der Waals surface area contributed by atoms with Crippen molar-refractivity contribution in [2.75, 3.05) is 0 Å². The number of aromatic nitrogens is 6. The van der Waals surface area contributed by atoms with E-state index in [2.05, 4.69) is 20.4 Å². The van der Waals surface area contributed by atoms with Gasteiger partial charge in [-0.25, -0.2) is 8.42 Å². The van der Waals surface area contributed by atoms with Crippen LogP contribution in [0.4, 0.5) is 0 Å². The third kappa shape index (κ3) is 2.85. The molecule has 0 aliphatic carbocycles. The predicted octanol–water partition coefficient (Wildman–Crippen LogP) is 1.30. The largest absolute Gasteiger partial charge is 0.314 e. The van der Waals surface area contributed by atoms with E-state index in [9.17, 15) is 8.42 Å². The molecule has 0 saturated heterocycles. The van der Waals surface area contributed by atoms with Gasteiger partial charge in [-0.05, 0) is 25.7 Å². The highest BCUT2D eigenvalue weighted by Gasteiger charge is 2.28. The zero-order valence-corrected chi connectivity index (χ0v) is 14.5. The normalized spacial score (nSPS) is 18.5. The van der Waals surface area contributed by atoms with Gasteiger partial charge in [0.2, 0.25) is 15.0 Å². The van der Waals surface area contributed by atoms with Crippen LogP contribution in [0.5, 0.6) is 0 Å². The zero-order valence-electron chi connectivity index (χ0n) is 13.7. The van der Waals surface area contributed by atoms with Crippen molar-refractivity contribution in [1.82, 2.24) is 29.5 Å². The first-order chi connectivity index (χ1) is 11.6. The molecule has 4 heterocycles. The molecule has 2 aromatic heterocycles. The van der Waals surface area contributed by atoms with Crippen LogP contribution in [-0.2, 0) is 41.5 Å². The summed E-state index contributed by atoms with van der Waals surface area (Å²) in [6.07, 6.45) is 8.04. The van der Waals surface area contributed by atoms with E-state index < -0.39 is 9.84 Å². The Bertz CT molecular complexity index is 838. The number of fused-ring (bicyclic) bond motifs is 2. The van der Waals surface area contributed by atoms with Crippen LogP contribution in [0.2, 0.25) is 0 Å². The summed E-state index contributed by atoms with van der Waals surface area (Å²) in [5, 5.41) is 16.5.